The third kappa shape index (κ3) is 10.5. The van der Waals surface area contributed by atoms with Crippen molar-refractivity contribution in [2.75, 3.05) is 0 Å². The first kappa shape index (κ1) is 48.3. The van der Waals surface area contributed by atoms with E-state index in [0.717, 1.165) is 58.2 Å². The molecule has 0 saturated carbocycles. The van der Waals surface area contributed by atoms with Gasteiger partial charge in [-0.05, 0) is 93.7 Å². The minimum absolute atomic E-state index is 0. The van der Waals surface area contributed by atoms with Crippen molar-refractivity contribution in [3.8, 4) is 50.6 Å². The van der Waals surface area contributed by atoms with Gasteiger partial charge in [0.15, 0.2) is 0 Å². The van der Waals surface area contributed by atoms with Crippen LogP contribution in [0.1, 0.15) is 72.8 Å². The van der Waals surface area contributed by atoms with Gasteiger partial charge in [-0.2, -0.15) is 13.2 Å². The summed E-state index contributed by atoms with van der Waals surface area (Å²) < 4.78 is 64.3. The van der Waals surface area contributed by atoms with Crippen LogP contribution in [0.5, 0.6) is 0 Å². The van der Waals surface area contributed by atoms with Gasteiger partial charge in [0.2, 0.25) is 0 Å². The standard InChI is InChI=1S/C46H43N2OSi.C16H15F3N.Ir/c1-29(2)39-26-34(33-22-20-32(21-23-33)31-14-9-8-10-15-31)27-40(30(3)4)44(39)48-42-19-12-11-18-41(42)47-46(48)38-17-13-16-37-36-25-24-35(50(5,6)7)28-43(36)49-45(37)38;1-15(2,16(17,18)19)11-12-6-8-13(9-7-12)14-5-3-4-10-20-14;/h8-16,18-30H,1-7H3;3-8,10H,11H2,1-2H3;/q2*-1;/i;11D2;. The molecule has 4 nitrogen and oxygen atoms in total. The van der Waals surface area contributed by atoms with Crippen LogP contribution in [0, 0.1) is 17.5 Å². The Bertz CT molecular complexity index is 3520. The van der Waals surface area contributed by atoms with E-state index in [1.165, 1.54) is 62.5 Å². The summed E-state index contributed by atoms with van der Waals surface area (Å²) in [5.74, 6) is 1.39. The van der Waals surface area contributed by atoms with E-state index in [9.17, 15) is 13.2 Å². The fourth-order valence-corrected chi connectivity index (χ4v) is 10.0. The molecule has 0 aliphatic rings. The first-order chi connectivity index (χ1) is 34.2. The number of benzene rings is 7. The molecule has 0 saturated heterocycles. The number of pyridine rings is 1. The Morgan fingerprint density at radius 2 is 1.32 bits per heavy atom. The number of hydrogen-bond donors (Lipinski definition) is 0. The molecular weight excluding hydrogens is 1080 g/mol. The first-order valence-corrected chi connectivity index (χ1v) is 27.4. The number of furan rings is 1. The van der Waals surface area contributed by atoms with Gasteiger partial charge in [-0.15, -0.1) is 53.6 Å². The maximum atomic E-state index is 13.1. The van der Waals surface area contributed by atoms with E-state index < -0.39 is 26.0 Å². The molecule has 10 aromatic rings. The summed E-state index contributed by atoms with van der Waals surface area (Å²) in [6.45, 7) is 18.0. The van der Waals surface area contributed by atoms with Gasteiger partial charge in [0, 0.05) is 40.1 Å². The second kappa shape index (κ2) is 20.4. The molecule has 363 valence electrons. The first-order valence-electron chi connectivity index (χ1n) is 24.9. The third-order valence-corrected chi connectivity index (χ3v) is 15.0. The van der Waals surface area contributed by atoms with Crippen molar-refractivity contribution in [3.05, 3.63) is 193 Å². The van der Waals surface area contributed by atoms with Crippen LogP contribution in [0.25, 0.3) is 83.6 Å². The predicted molar refractivity (Wildman–Crippen MR) is 287 cm³/mol. The van der Waals surface area contributed by atoms with Crippen LogP contribution in [0.15, 0.2) is 168 Å². The van der Waals surface area contributed by atoms with E-state index in [0.29, 0.717) is 11.3 Å². The van der Waals surface area contributed by atoms with Crippen LogP contribution in [-0.2, 0) is 26.5 Å². The molecule has 9 heteroatoms. The molecule has 0 N–H and O–H groups in total. The molecule has 7 aromatic carbocycles. The number of rotatable bonds is 10. The van der Waals surface area contributed by atoms with Gasteiger partial charge < -0.3 is 14.0 Å². The van der Waals surface area contributed by atoms with Crippen LogP contribution >= 0.6 is 0 Å². The Labute approximate surface area is 433 Å². The van der Waals surface area contributed by atoms with Crippen molar-refractivity contribution in [1.29, 1.82) is 0 Å². The number of halogens is 3. The monoisotopic (exact) mass is 1140 g/mol. The van der Waals surface area contributed by atoms with Gasteiger partial charge in [0.05, 0.1) is 35.9 Å². The van der Waals surface area contributed by atoms with Gasteiger partial charge >= 0.3 is 6.18 Å². The van der Waals surface area contributed by atoms with Crippen molar-refractivity contribution in [3.63, 3.8) is 0 Å². The van der Waals surface area contributed by atoms with E-state index >= 15 is 0 Å². The second-order valence-electron chi connectivity index (χ2n) is 20.1. The zero-order chi connectivity index (χ0) is 51.3. The van der Waals surface area contributed by atoms with Gasteiger partial charge in [-0.25, -0.2) is 0 Å². The number of hydrogen-bond acceptors (Lipinski definition) is 3. The summed E-state index contributed by atoms with van der Waals surface area (Å²) in [4.78, 5) is 9.46. The van der Waals surface area contributed by atoms with Crippen LogP contribution < -0.4 is 5.19 Å². The maximum Gasteiger partial charge on any atom is 0.393 e. The molecule has 0 amide bonds. The molecular formula is C62H58F3IrN3OSi-2. The van der Waals surface area contributed by atoms with Gasteiger partial charge in [0.1, 0.15) is 5.58 Å². The van der Waals surface area contributed by atoms with Crippen LogP contribution in [0.4, 0.5) is 13.2 Å². The predicted octanol–water partition coefficient (Wildman–Crippen LogP) is 17.2. The Balaban J connectivity index is 0.000000260. The smallest absolute Gasteiger partial charge is 0.393 e. The number of alkyl halides is 3. The second-order valence-corrected chi connectivity index (χ2v) is 25.2. The number of imidazole rings is 1. The zero-order valence-electron chi connectivity index (χ0n) is 43.5. The largest absolute Gasteiger partial charge is 0.501 e. The summed E-state index contributed by atoms with van der Waals surface area (Å²) in [6, 6.07) is 59.6. The molecule has 0 aliphatic heterocycles. The Morgan fingerprint density at radius 3 is 1.93 bits per heavy atom. The SMILES string of the molecule is CC(C)c1cc(-c2ccc(-c3ccccc3)cc2)cc(C(C)C)c1-n1c(-c2[c-]ccc3c2oc2cc([Si](C)(C)C)ccc23)nc2ccccc21.[2H]C([2H])(c1c[c-]c(-c2ccccn2)cc1)C(C)(C)C(F)(F)F.[Ir]. The maximum absolute atomic E-state index is 13.1. The molecule has 10 rings (SSSR count). The summed E-state index contributed by atoms with van der Waals surface area (Å²) >= 11 is 0. The fraction of sp³-hybridized carbons (Fsp3) is 0.226. The van der Waals surface area contributed by atoms with E-state index in [1.807, 2.05) is 6.07 Å². The molecule has 3 aromatic heterocycles. The summed E-state index contributed by atoms with van der Waals surface area (Å²) in [7, 11) is -1.52. The Morgan fingerprint density at radius 1 is 0.690 bits per heavy atom. The fourth-order valence-electron chi connectivity index (χ4n) is 8.88. The average molecular weight is 1140 g/mol. The summed E-state index contributed by atoms with van der Waals surface area (Å²) in [5, 5.41) is 3.62. The van der Waals surface area contributed by atoms with Gasteiger partial charge in [-0.1, -0.05) is 168 Å². The average Bonchev–Trinajstić information content (AvgIpc) is 3.94. The molecule has 1 radical (unpaired) electrons. The molecule has 0 fully saturated rings. The van der Waals surface area contributed by atoms with Crippen molar-refractivity contribution in [2.45, 2.75) is 85.6 Å². The molecule has 3 heterocycles. The van der Waals surface area contributed by atoms with Crippen LogP contribution in [-0.4, -0.2) is 28.8 Å². The van der Waals surface area contributed by atoms with Crippen molar-refractivity contribution >= 4 is 46.2 Å². The normalized spacial score (nSPS) is 12.8. The minimum Gasteiger partial charge on any atom is -0.501 e. The van der Waals surface area contributed by atoms with E-state index in [1.54, 1.807) is 24.4 Å². The van der Waals surface area contributed by atoms with E-state index in [-0.39, 0.29) is 37.5 Å². The molecule has 0 spiro atoms. The minimum atomic E-state index is -4.66. The van der Waals surface area contributed by atoms with E-state index in [4.69, 9.17) is 12.1 Å². The zero-order valence-corrected chi connectivity index (χ0v) is 44.9. The van der Waals surface area contributed by atoms with Crippen molar-refractivity contribution < 1.29 is 40.4 Å². The summed E-state index contributed by atoms with van der Waals surface area (Å²) in [5.41, 5.74) is 12.0. The topological polar surface area (TPSA) is 43.9 Å². The Hall–Kier alpha value is -6.38. The molecule has 0 bridgehead atoms. The molecule has 0 unspecified atom stereocenters. The quantitative estimate of drug-likeness (QED) is 0.101. The Kier molecular flexibility index (Phi) is 13.9. The molecule has 0 aliphatic carbocycles. The van der Waals surface area contributed by atoms with Crippen LogP contribution in [0.3, 0.4) is 0 Å². The van der Waals surface area contributed by atoms with Crippen LogP contribution in [0.2, 0.25) is 19.6 Å². The number of para-hydroxylation sites is 2. The summed E-state index contributed by atoms with van der Waals surface area (Å²) in [6.07, 6.45) is -5.62. The number of fused-ring (bicyclic) bond motifs is 4. The van der Waals surface area contributed by atoms with E-state index in [2.05, 4.69) is 184 Å². The molecule has 71 heavy (non-hydrogen) atoms. The molecule has 0 atom stereocenters. The van der Waals surface area contributed by atoms with Gasteiger partial charge in [0.25, 0.3) is 0 Å². The number of nitrogens with zero attached hydrogens (tertiary/aromatic N) is 3. The van der Waals surface area contributed by atoms with Gasteiger partial charge in [-0.3, -0.25) is 4.98 Å². The van der Waals surface area contributed by atoms with Crippen molar-refractivity contribution in [1.82, 2.24) is 14.5 Å². The van der Waals surface area contributed by atoms with Crippen molar-refractivity contribution in [2.24, 2.45) is 5.41 Å². The third-order valence-electron chi connectivity index (χ3n) is 13.0. The number of aromatic nitrogens is 3.